The van der Waals surface area contributed by atoms with E-state index in [1.165, 1.54) is 38.5 Å². The number of amides is 2. The molecule has 4 bridgehead atoms. The summed E-state index contributed by atoms with van der Waals surface area (Å²) in [6.45, 7) is 4.15. The largest absolute Gasteiger partial charge is 0.333 e. The van der Waals surface area contributed by atoms with Gasteiger partial charge in [0.05, 0.1) is 0 Å². The van der Waals surface area contributed by atoms with Gasteiger partial charge in [-0.25, -0.2) is 4.79 Å². The Kier molecular flexibility index (Phi) is 3.93. The predicted octanol–water partition coefficient (Wildman–Crippen LogP) is 2.34. The third kappa shape index (κ3) is 2.67. The van der Waals surface area contributed by atoms with E-state index in [1.54, 1.807) is 0 Å². The van der Waals surface area contributed by atoms with Gasteiger partial charge in [0.2, 0.25) is 0 Å². The molecule has 0 spiro atoms. The Morgan fingerprint density at radius 1 is 1.15 bits per heavy atom. The second kappa shape index (κ2) is 5.55. The second-order valence-electron chi connectivity index (χ2n) is 7.40. The van der Waals surface area contributed by atoms with Crippen molar-refractivity contribution in [1.29, 1.82) is 0 Å². The molecule has 4 aliphatic carbocycles. The molecule has 0 heterocycles. The van der Waals surface area contributed by atoms with Gasteiger partial charge < -0.3 is 16.0 Å². The fourth-order valence-electron chi connectivity index (χ4n) is 5.31. The fraction of sp³-hybridized carbons (Fsp3) is 0.938. The number of nitrogens with one attached hydrogen (secondary N) is 1. The molecule has 20 heavy (non-hydrogen) atoms. The Labute approximate surface area is 122 Å². The number of rotatable bonds is 5. The van der Waals surface area contributed by atoms with Gasteiger partial charge in [-0.2, -0.15) is 0 Å². The highest BCUT2D eigenvalue weighted by atomic mass is 16.2. The quantitative estimate of drug-likeness (QED) is 0.811. The van der Waals surface area contributed by atoms with Crippen molar-refractivity contribution in [3.63, 3.8) is 0 Å². The van der Waals surface area contributed by atoms with Crippen LogP contribution in [0.4, 0.5) is 4.79 Å². The average Bonchev–Trinajstić information content (AvgIpc) is 2.36. The zero-order chi connectivity index (χ0) is 14.2. The third-order valence-corrected chi connectivity index (χ3v) is 5.59. The maximum Gasteiger partial charge on any atom is 0.317 e. The number of nitrogens with zero attached hydrogens (tertiary/aromatic N) is 1. The van der Waals surface area contributed by atoms with E-state index in [4.69, 9.17) is 5.73 Å². The van der Waals surface area contributed by atoms with E-state index in [0.717, 1.165) is 30.7 Å². The molecule has 3 N–H and O–H groups in total. The van der Waals surface area contributed by atoms with Crippen molar-refractivity contribution in [2.45, 2.75) is 57.4 Å². The SMILES string of the molecule is CCCN(CCN)C(=O)NC12CC3CC(CC(C3)C1)C2. The number of hydrogen-bond acceptors (Lipinski definition) is 2. The number of urea groups is 1. The fourth-order valence-corrected chi connectivity index (χ4v) is 5.31. The lowest BCUT2D eigenvalue weighted by Crippen LogP contribution is -2.62. The molecular weight excluding hydrogens is 250 g/mol. The molecule has 0 aromatic carbocycles. The van der Waals surface area contributed by atoms with Crippen LogP contribution in [0.5, 0.6) is 0 Å². The monoisotopic (exact) mass is 279 g/mol. The lowest BCUT2D eigenvalue weighted by molar-refractivity contribution is -0.0156. The summed E-state index contributed by atoms with van der Waals surface area (Å²) in [5.74, 6) is 2.61. The summed E-state index contributed by atoms with van der Waals surface area (Å²) >= 11 is 0. The number of carbonyl (C=O) groups excluding carboxylic acids is 1. The molecule has 4 nitrogen and oxygen atoms in total. The van der Waals surface area contributed by atoms with Crippen LogP contribution >= 0.6 is 0 Å². The molecular formula is C16H29N3O. The van der Waals surface area contributed by atoms with Crippen molar-refractivity contribution in [3.05, 3.63) is 0 Å². The Hall–Kier alpha value is -0.770. The van der Waals surface area contributed by atoms with Gasteiger partial charge in [-0.05, 0) is 62.7 Å². The van der Waals surface area contributed by atoms with Crippen molar-refractivity contribution in [2.75, 3.05) is 19.6 Å². The first kappa shape index (κ1) is 14.2. The normalized spacial score (nSPS) is 38.0. The summed E-state index contributed by atoms with van der Waals surface area (Å²) in [7, 11) is 0. The van der Waals surface area contributed by atoms with Crippen molar-refractivity contribution < 1.29 is 4.79 Å². The molecule has 4 aliphatic rings. The molecule has 4 saturated carbocycles. The van der Waals surface area contributed by atoms with Gasteiger partial charge in [-0.1, -0.05) is 6.92 Å². The molecule has 4 rings (SSSR count). The van der Waals surface area contributed by atoms with Gasteiger partial charge in [-0.15, -0.1) is 0 Å². The maximum atomic E-state index is 12.6. The highest BCUT2D eigenvalue weighted by molar-refractivity contribution is 5.75. The third-order valence-electron chi connectivity index (χ3n) is 5.59. The van der Waals surface area contributed by atoms with Crippen LogP contribution in [0.25, 0.3) is 0 Å². The van der Waals surface area contributed by atoms with Gasteiger partial charge in [0.1, 0.15) is 0 Å². The van der Waals surface area contributed by atoms with Crippen LogP contribution in [-0.4, -0.2) is 36.1 Å². The predicted molar refractivity (Wildman–Crippen MR) is 80.4 cm³/mol. The van der Waals surface area contributed by atoms with Crippen LogP contribution in [0.1, 0.15) is 51.9 Å². The minimum absolute atomic E-state index is 0.117. The van der Waals surface area contributed by atoms with Gasteiger partial charge in [0.25, 0.3) is 0 Å². The number of nitrogens with two attached hydrogens (primary N) is 1. The van der Waals surface area contributed by atoms with E-state index >= 15 is 0 Å². The summed E-state index contributed by atoms with van der Waals surface area (Å²) in [5, 5.41) is 3.43. The second-order valence-corrected chi connectivity index (χ2v) is 7.40. The molecule has 0 unspecified atom stereocenters. The summed E-state index contributed by atoms with van der Waals surface area (Å²) in [6.07, 6.45) is 8.88. The molecule has 0 aromatic rings. The van der Waals surface area contributed by atoms with Crippen LogP contribution in [-0.2, 0) is 0 Å². The molecule has 114 valence electrons. The summed E-state index contributed by atoms with van der Waals surface area (Å²) in [6, 6.07) is 0.124. The lowest BCUT2D eigenvalue weighted by Gasteiger charge is -2.57. The van der Waals surface area contributed by atoms with Crippen LogP contribution in [0, 0.1) is 17.8 Å². The summed E-state index contributed by atoms with van der Waals surface area (Å²) in [4.78, 5) is 14.5. The number of hydrogen-bond donors (Lipinski definition) is 2. The van der Waals surface area contributed by atoms with Crippen LogP contribution in [0.2, 0.25) is 0 Å². The Morgan fingerprint density at radius 3 is 2.15 bits per heavy atom. The standard InChI is InChI=1S/C16H29N3O/c1-2-4-19(5-3-17)15(20)18-16-9-12-6-13(10-16)8-14(7-12)11-16/h12-14H,2-11,17H2,1H3,(H,18,20). The lowest BCUT2D eigenvalue weighted by atomic mass is 9.53. The molecule has 0 radical (unpaired) electrons. The van der Waals surface area contributed by atoms with E-state index in [-0.39, 0.29) is 11.6 Å². The summed E-state index contributed by atoms with van der Waals surface area (Å²) in [5.41, 5.74) is 5.75. The van der Waals surface area contributed by atoms with Gasteiger partial charge in [-0.3, -0.25) is 0 Å². The Morgan fingerprint density at radius 2 is 1.70 bits per heavy atom. The first-order valence-corrected chi connectivity index (χ1v) is 8.41. The Bertz CT molecular complexity index is 327. The Balaban J connectivity index is 1.65. The van der Waals surface area contributed by atoms with E-state index in [2.05, 4.69) is 12.2 Å². The summed E-state index contributed by atoms with van der Waals surface area (Å²) < 4.78 is 0. The van der Waals surface area contributed by atoms with E-state index < -0.39 is 0 Å². The van der Waals surface area contributed by atoms with E-state index in [9.17, 15) is 4.79 Å². The molecule has 0 aliphatic heterocycles. The van der Waals surface area contributed by atoms with Crippen molar-refractivity contribution in [3.8, 4) is 0 Å². The zero-order valence-electron chi connectivity index (χ0n) is 12.7. The minimum Gasteiger partial charge on any atom is -0.333 e. The molecule has 0 saturated heterocycles. The van der Waals surface area contributed by atoms with E-state index in [0.29, 0.717) is 13.1 Å². The van der Waals surface area contributed by atoms with E-state index in [1.807, 2.05) is 4.90 Å². The van der Waals surface area contributed by atoms with Gasteiger partial charge in [0, 0.05) is 25.2 Å². The molecule has 0 aromatic heterocycles. The molecule has 4 fully saturated rings. The number of carbonyl (C=O) groups is 1. The van der Waals surface area contributed by atoms with Crippen LogP contribution in [0.3, 0.4) is 0 Å². The molecule has 4 heteroatoms. The van der Waals surface area contributed by atoms with Crippen molar-refractivity contribution in [2.24, 2.45) is 23.5 Å². The highest BCUT2D eigenvalue weighted by Gasteiger charge is 2.51. The van der Waals surface area contributed by atoms with Crippen LogP contribution < -0.4 is 11.1 Å². The first-order chi connectivity index (χ1) is 9.64. The van der Waals surface area contributed by atoms with Crippen molar-refractivity contribution >= 4 is 6.03 Å². The average molecular weight is 279 g/mol. The molecule has 2 amide bonds. The van der Waals surface area contributed by atoms with Crippen LogP contribution in [0.15, 0.2) is 0 Å². The van der Waals surface area contributed by atoms with Crippen molar-refractivity contribution in [1.82, 2.24) is 10.2 Å². The van der Waals surface area contributed by atoms with Gasteiger partial charge >= 0.3 is 6.03 Å². The zero-order valence-corrected chi connectivity index (χ0v) is 12.7. The smallest absolute Gasteiger partial charge is 0.317 e. The maximum absolute atomic E-state index is 12.6. The van der Waals surface area contributed by atoms with Gasteiger partial charge in [0.15, 0.2) is 0 Å². The topological polar surface area (TPSA) is 58.4 Å². The highest BCUT2D eigenvalue weighted by Crippen LogP contribution is 2.55. The first-order valence-electron chi connectivity index (χ1n) is 8.41. The minimum atomic E-state index is 0.117. The molecule has 0 atom stereocenters.